The van der Waals surface area contributed by atoms with Gasteiger partial charge in [0.25, 0.3) is 5.91 Å². The summed E-state index contributed by atoms with van der Waals surface area (Å²) in [4.78, 5) is 22.2. The number of methoxy groups -OCH3 is 1. The topological polar surface area (TPSA) is 55.3 Å². The number of aromatic nitrogens is 2. The van der Waals surface area contributed by atoms with Gasteiger partial charge in [-0.05, 0) is 17.6 Å². The Kier molecular flexibility index (Phi) is 4.14. The molecule has 0 fully saturated rings. The van der Waals surface area contributed by atoms with Gasteiger partial charge in [-0.25, -0.2) is 9.97 Å². The van der Waals surface area contributed by atoms with Gasteiger partial charge in [0.05, 0.1) is 12.7 Å². The van der Waals surface area contributed by atoms with Crippen LogP contribution in [-0.2, 0) is 0 Å². The van der Waals surface area contributed by atoms with Gasteiger partial charge in [0.15, 0.2) is 0 Å². The van der Waals surface area contributed by atoms with E-state index in [-0.39, 0.29) is 11.9 Å². The summed E-state index contributed by atoms with van der Waals surface area (Å²) in [5.74, 6) is -0.0500. The lowest BCUT2D eigenvalue weighted by Crippen LogP contribution is -2.34. The molecule has 0 bridgehead atoms. The molecule has 112 valence electrons. The van der Waals surface area contributed by atoms with Crippen molar-refractivity contribution in [3.63, 3.8) is 0 Å². The van der Waals surface area contributed by atoms with Gasteiger partial charge >= 0.3 is 6.01 Å². The van der Waals surface area contributed by atoms with E-state index in [9.17, 15) is 4.79 Å². The van der Waals surface area contributed by atoms with E-state index >= 15 is 0 Å². The molecule has 1 aromatic heterocycles. The lowest BCUT2D eigenvalue weighted by molar-refractivity contribution is 0.0772. The summed E-state index contributed by atoms with van der Waals surface area (Å²) in [6, 6.07) is 10.5. The molecule has 3 rings (SSSR count). The Morgan fingerprint density at radius 2 is 1.91 bits per heavy atom. The van der Waals surface area contributed by atoms with Crippen LogP contribution in [0.5, 0.6) is 6.01 Å². The number of hydrogen-bond acceptors (Lipinski definition) is 4. The molecule has 0 radical (unpaired) electrons. The molecule has 0 atom stereocenters. The molecule has 2 heterocycles. The molecule has 0 N–H and O–H groups in total. The van der Waals surface area contributed by atoms with E-state index in [0.29, 0.717) is 18.7 Å². The van der Waals surface area contributed by atoms with Crippen LogP contribution in [0.4, 0.5) is 0 Å². The summed E-state index contributed by atoms with van der Waals surface area (Å²) >= 11 is 0. The Morgan fingerprint density at radius 3 is 2.50 bits per heavy atom. The maximum atomic E-state index is 12.4. The highest BCUT2D eigenvalue weighted by Gasteiger charge is 2.19. The molecule has 0 unspecified atom stereocenters. The fraction of sp³-hybridized carbons (Fsp3) is 0.235. The highest BCUT2D eigenvalue weighted by molar-refractivity contribution is 5.94. The van der Waals surface area contributed by atoms with E-state index in [2.05, 4.69) is 28.2 Å². The van der Waals surface area contributed by atoms with Gasteiger partial charge in [-0.15, -0.1) is 0 Å². The number of rotatable bonds is 3. The fourth-order valence-corrected chi connectivity index (χ4v) is 2.48. The van der Waals surface area contributed by atoms with Crippen molar-refractivity contribution < 1.29 is 9.53 Å². The van der Waals surface area contributed by atoms with Gasteiger partial charge in [-0.3, -0.25) is 4.79 Å². The molecule has 1 aromatic carbocycles. The van der Waals surface area contributed by atoms with Crippen LogP contribution in [0.15, 0.2) is 48.8 Å². The monoisotopic (exact) mass is 295 g/mol. The van der Waals surface area contributed by atoms with E-state index in [1.54, 1.807) is 4.90 Å². The van der Waals surface area contributed by atoms with Gasteiger partial charge in [0.2, 0.25) is 0 Å². The third-order valence-corrected chi connectivity index (χ3v) is 3.70. The second kappa shape index (κ2) is 6.39. The summed E-state index contributed by atoms with van der Waals surface area (Å²) < 4.78 is 4.90. The number of carbonyl (C=O) groups excluding carboxylic acids is 1. The van der Waals surface area contributed by atoms with Gasteiger partial charge in [-0.2, -0.15) is 0 Å². The second-order valence-electron chi connectivity index (χ2n) is 5.05. The minimum Gasteiger partial charge on any atom is -0.467 e. The molecule has 1 amide bonds. The maximum Gasteiger partial charge on any atom is 0.316 e. The van der Waals surface area contributed by atoms with E-state index in [4.69, 9.17) is 4.74 Å². The number of benzene rings is 1. The zero-order valence-electron chi connectivity index (χ0n) is 12.4. The van der Waals surface area contributed by atoms with Crippen molar-refractivity contribution in [2.45, 2.75) is 6.42 Å². The third-order valence-electron chi connectivity index (χ3n) is 3.70. The highest BCUT2D eigenvalue weighted by Crippen LogP contribution is 2.22. The Labute approximate surface area is 129 Å². The van der Waals surface area contributed by atoms with Crippen molar-refractivity contribution in [1.82, 2.24) is 14.9 Å². The molecule has 1 aliphatic heterocycles. The van der Waals surface area contributed by atoms with Gasteiger partial charge in [0.1, 0.15) is 0 Å². The molecule has 0 saturated carbocycles. The standard InChI is InChI=1S/C17H17N3O2/c1-22-17-18-11-15(12-19-17)16(21)20-9-7-14(8-10-20)13-5-3-2-4-6-13/h2-7,11-12H,8-10H2,1H3. The highest BCUT2D eigenvalue weighted by atomic mass is 16.5. The van der Waals surface area contributed by atoms with Gasteiger partial charge in [0, 0.05) is 25.5 Å². The van der Waals surface area contributed by atoms with E-state index in [1.165, 1.54) is 30.6 Å². The van der Waals surface area contributed by atoms with Crippen molar-refractivity contribution in [2.75, 3.05) is 20.2 Å². The normalized spacial score (nSPS) is 14.4. The van der Waals surface area contributed by atoms with Crippen LogP contribution in [0.1, 0.15) is 22.3 Å². The van der Waals surface area contributed by atoms with Crippen LogP contribution < -0.4 is 4.74 Å². The number of nitrogens with zero attached hydrogens (tertiary/aromatic N) is 3. The number of amides is 1. The average molecular weight is 295 g/mol. The quantitative estimate of drug-likeness (QED) is 0.872. The molecular formula is C17H17N3O2. The van der Waals surface area contributed by atoms with Crippen molar-refractivity contribution >= 4 is 11.5 Å². The van der Waals surface area contributed by atoms with Gasteiger partial charge < -0.3 is 9.64 Å². The zero-order chi connectivity index (χ0) is 15.4. The van der Waals surface area contributed by atoms with E-state index < -0.39 is 0 Å². The summed E-state index contributed by atoms with van der Waals surface area (Å²) in [5.41, 5.74) is 3.00. The minimum atomic E-state index is -0.0500. The average Bonchev–Trinajstić information content (AvgIpc) is 2.62. The van der Waals surface area contributed by atoms with Crippen LogP contribution in [0.3, 0.4) is 0 Å². The molecule has 2 aromatic rings. The lowest BCUT2D eigenvalue weighted by Gasteiger charge is -2.26. The van der Waals surface area contributed by atoms with Crippen LogP contribution >= 0.6 is 0 Å². The number of carbonyl (C=O) groups is 1. The first-order valence-corrected chi connectivity index (χ1v) is 7.17. The van der Waals surface area contributed by atoms with Crippen LogP contribution in [0.2, 0.25) is 0 Å². The maximum absolute atomic E-state index is 12.4. The molecule has 5 nitrogen and oxygen atoms in total. The summed E-state index contributed by atoms with van der Waals surface area (Å²) in [7, 11) is 1.50. The molecule has 0 saturated heterocycles. The minimum absolute atomic E-state index is 0.0500. The predicted octanol–water partition coefficient (Wildman–Crippen LogP) is 2.41. The van der Waals surface area contributed by atoms with Crippen LogP contribution in [-0.4, -0.2) is 41.0 Å². The van der Waals surface area contributed by atoms with Crippen LogP contribution in [0, 0.1) is 0 Å². The lowest BCUT2D eigenvalue weighted by atomic mass is 9.99. The van der Waals surface area contributed by atoms with Crippen molar-refractivity contribution in [1.29, 1.82) is 0 Å². The van der Waals surface area contributed by atoms with Crippen molar-refractivity contribution in [3.8, 4) is 6.01 Å². The molecule has 1 aliphatic rings. The number of hydrogen-bond donors (Lipinski definition) is 0. The first-order chi connectivity index (χ1) is 10.8. The molecule has 5 heteroatoms. The second-order valence-corrected chi connectivity index (χ2v) is 5.05. The smallest absolute Gasteiger partial charge is 0.316 e. The largest absolute Gasteiger partial charge is 0.467 e. The first kappa shape index (κ1) is 14.3. The Balaban J connectivity index is 1.70. The van der Waals surface area contributed by atoms with Crippen molar-refractivity contribution in [2.24, 2.45) is 0 Å². The van der Waals surface area contributed by atoms with E-state index in [0.717, 1.165) is 6.42 Å². The Morgan fingerprint density at radius 1 is 1.18 bits per heavy atom. The van der Waals surface area contributed by atoms with E-state index in [1.807, 2.05) is 18.2 Å². The van der Waals surface area contributed by atoms with Gasteiger partial charge in [-0.1, -0.05) is 36.4 Å². The Hall–Kier alpha value is -2.69. The zero-order valence-corrected chi connectivity index (χ0v) is 12.4. The molecule has 0 aliphatic carbocycles. The molecule has 0 spiro atoms. The summed E-state index contributed by atoms with van der Waals surface area (Å²) in [5, 5.41) is 0. The SMILES string of the molecule is COc1ncc(C(=O)N2CC=C(c3ccccc3)CC2)cn1. The van der Waals surface area contributed by atoms with Crippen LogP contribution in [0.25, 0.3) is 5.57 Å². The summed E-state index contributed by atoms with van der Waals surface area (Å²) in [6.45, 7) is 1.31. The first-order valence-electron chi connectivity index (χ1n) is 7.17. The Bertz CT molecular complexity index is 681. The molecular weight excluding hydrogens is 278 g/mol. The predicted molar refractivity (Wildman–Crippen MR) is 83.5 cm³/mol. The molecule has 22 heavy (non-hydrogen) atoms. The number of ether oxygens (including phenoxy) is 1. The summed E-state index contributed by atoms with van der Waals surface area (Å²) in [6.07, 6.45) is 5.98. The van der Waals surface area contributed by atoms with Crippen molar-refractivity contribution in [3.05, 3.63) is 59.9 Å². The fourth-order valence-electron chi connectivity index (χ4n) is 2.48. The third kappa shape index (κ3) is 2.98.